The number of hydrogen-bond donors (Lipinski definition) is 2. The Morgan fingerprint density at radius 3 is 2.74 bits per heavy atom. The molecule has 140 valence electrons. The number of aromatic nitrogens is 3. The highest BCUT2D eigenvalue weighted by Gasteiger charge is 2.19. The number of rotatable bonds is 8. The van der Waals surface area contributed by atoms with Crippen molar-refractivity contribution in [3.63, 3.8) is 0 Å². The van der Waals surface area contributed by atoms with Gasteiger partial charge < -0.3 is 15.8 Å². The van der Waals surface area contributed by atoms with Crippen LogP contribution in [0.25, 0.3) is 16.9 Å². The van der Waals surface area contributed by atoms with Gasteiger partial charge in [0.1, 0.15) is 12.0 Å². The third-order valence-electron chi connectivity index (χ3n) is 3.99. The summed E-state index contributed by atoms with van der Waals surface area (Å²) in [6.07, 6.45) is 2.09. The van der Waals surface area contributed by atoms with E-state index in [0.717, 1.165) is 5.56 Å². The summed E-state index contributed by atoms with van der Waals surface area (Å²) in [4.78, 5) is 32.9. The van der Waals surface area contributed by atoms with Gasteiger partial charge >= 0.3 is 0 Å². The van der Waals surface area contributed by atoms with E-state index < -0.39 is 5.91 Å². The molecule has 2 amide bonds. The third-order valence-corrected chi connectivity index (χ3v) is 3.99. The molecule has 3 N–H and O–H groups in total. The van der Waals surface area contributed by atoms with E-state index in [4.69, 9.17) is 10.5 Å². The van der Waals surface area contributed by atoms with E-state index in [9.17, 15) is 9.59 Å². The summed E-state index contributed by atoms with van der Waals surface area (Å²) in [7, 11) is 0. The molecule has 2 aromatic heterocycles. The second kappa shape index (κ2) is 8.41. The highest BCUT2D eigenvalue weighted by Crippen LogP contribution is 2.21. The van der Waals surface area contributed by atoms with Gasteiger partial charge in [0.25, 0.3) is 11.8 Å². The number of carbonyl (C=O) groups excluding carboxylic acids is 2. The van der Waals surface area contributed by atoms with Crippen LogP contribution in [0.5, 0.6) is 0 Å². The lowest BCUT2D eigenvalue weighted by molar-refractivity contribution is 0.0936. The predicted molar refractivity (Wildman–Crippen MR) is 100 cm³/mol. The van der Waals surface area contributed by atoms with Crippen molar-refractivity contribution in [2.45, 2.75) is 13.3 Å². The average Bonchev–Trinajstić information content (AvgIpc) is 3.12. The molecule has 8 heteroatoms. The topological polar surface area (TPSA) is 112 Å². The van der Waals surface area contributed by atoms with E-state index in [2.05, 4.69) is 15.3 Å². The second-order valence-corrected chi connectivity index (χ2v) is 5.85. The van der Waals surface area contributed by atoms with Crippen molar-refractivity contribution in [1.82, 2.24) is 19.7 Å². The number of hydrogen-bond acceptors (Lipinski definition) is 5. The zero-order valence-electron chi connectivity index (χ0n) is 15.0. The number of benzene rings is 1. The number of carbonyl (C=O) groups is 2. The fourth-order valence-corrected chi connectivity index (χ4v) is 2.69. The molecular weight excluding hydrogens is 346 g/mol. The van der Waals surface area contributed by atoms with Crippen molar-refractivity contribution in [1.29, 1.82) is 0 Å². The molecule has 0 fully saturated rings. The van der Waals surface area contributed by atoms with E-state index >= 15 is 0 Å². The maximum absolute atomic E-state index is 12.7. The van der Waals surface area contributed by atoms with Gasteiger partial charge in [-0.2, -0.15) is 0 Å². The molecule has 1 aromatic carbocycles. The Morgan fingerprint density at radius 2 is 2.04 bits per heavy atom. The smallest absolute Gasteiger partial charge is 0.271 e. The minimum atomic E-state index is -0.696. The lowest BCUT2D eigenvalue weighted by Crippen LogP contribution is -2.27. The monoisotopic (exact) mass is 367 g/mol. The zero-order valence-corrected chi connectivity index (χ0v) is 15.0. The lowest BCUT2D eigenvalue weighted by Gasteiger charge is -2.10. The molecule has 8 nitrogen and oxygen atoms in total. The van der Waals surface area contributed by atoms with Gasteiger partial charge in [-0.3, -0.25) is 14.0 Å². The number of primary amides is 1. The summed E-state index contributed by atoms with van der Waals surface area (Å²) in [6, 6.07) is 11.1. The molecule has 0 aliphatic rings. The summed E-state index contributed by atoms with van der Waals surface area (Å²) in [5, 5.41) is 2.86. The van der Waals surface area contributed by atoms with Crippen LogP contribution in [0.1, 0.15) is 34.3 Å². The molecule has 0 aliphatic heterocycles. The Kier molecular flexibility index (Phi) is 5.77. The molecule has 2 heterocycles. The van der Waals surface area contributed by atoms with Crippen LogP contribution in [-0.2, 0) is 4.74 Å². The van der Waals surface area contributed by atoms with Crippen LogP contribution in [0.2, 0.25) is 0 Å². The fraction of sp³-hybridized carbons (Fsp3) is 0.263. The first-order valence-corrected chi connectivity index (χ1v) is 8.71. The summed E-state index contributed by atoms with van der Waals surface area (Å²) >= 11 is 0. The van der Waals surface area contributed by atoms with Crippen molar-refractivity contribution >= 4 is 17.5 Å². The van der Waals surface area contributed by atoms with Crippen LogP contribution in [-0.4, -0.2) is 45.9 Å². The Bertz CT molecular complexity index is 953. The van der Waals surface area contributed by atoms with Gasteiger partial charge in [-0.15, -0.1) is 0 Å². The van der Waals surface area contributed by atoms with Crippen molar-refractivity contribution in [3.8, 4) is 11.3 Å². The molecule has 0 atom stereocenters. The molecule has 27 heavy (non-hydrogen) atoms. The molecule has 3 aromatic rings. The minimum Gasteiger partial charge on any atom is -0.382 e. The van der Waals surface area contributed by atoms with Gasteiger partial charge in [-0.1, -0.05) is 30.3 Å². The first-order valence-electron chi connectivity index (χ1n) is 8.71. The van der Waals surface area contributed by atoms with Crippen molar-refractivity contribution in [2.75, 3.05) is 19.8 Å². The van der Waals surface area contributed by atoms with Crippen LogP contribution >= 0.6 is 0 Å². The summed E-state index contributed by atoms with van der Waals surface area (Å²) in [5.74, 6) is -0.984. The van der Waals surface area contributed by atoms with E-state index in [0.29, 0.717) is 37.6 Å². The molecule has 0 unspecified atom stereocenters. The quantitative estimate of drug-likeness (QED) is 0.588. The van der Waals surface area contributed by atoms with Gasteiger partial charge in [0.05, 0.1) is 5.69 Å². The summed E-state index contributed by atoms with van der Waals surface area (Å²) < 4.78 is 6.75. The molecule has 3 rings (SSSR count). The standard InChI is InChI=1S/C19H21N5O3/c1-2-27-10-6-9-21-19(26)15-11-14(13-7-4-3-5-8-13)23-18-16(17(20)25)22-12-24(15)18/h3-5,7-8,11-12H,2,6,9-10H2,1H3,(H2,20,25)(H,21,26). The SMILES string of the molecule is CCOCCCNC(=O)c1cc(-c2ccccc2)nc2c(C(N)=O)ncn12. The summed E-state index contributed by atoms with van der Waals surface area (Å²) in [5.41, 5.74) is 7.39. The number of nitrogens with two attached hydrogens (primary N) is 1. The number of imidazole rings is 1. The number of nitrogens with one attached hydrogen (secondary N) is 1. The van der Waals surface area contributed by atoms with Crippen molar-refractivity contribution in [2.24, 2.45) is 5.73 Å². The Hall–Kier alpha value is -3.26. The second-order valence-electron chi connectivity index (χ2n) is 5.85. The van der Waals surface area contributed by atoms with E-state index in [1.165, 1.54) is 10.7 Å². The third kappa shape index (κ3) is 4.12. The Balaban J connectivity index is 1.97. The molecule has 0 bridgehead atoms. The number of nitrogens with zero attached hydrogens (tertiary/aromatic N) is 3. The lowest BCUT2D eigenvalue weighted by atomic mass is 10.1. The van der Waals surface area contributed by atoms with E-state index in [-0.39, 0.29) is 17.2 Å². The van der Waals surface area contributed by atoms with Crippen LogP contribution in [0, 0.1) is 0 Å². The Labute approximate surface area is 156 Å². The molecule has 0 saturated carbocycles. The highest BCUT2D eigenvalue weighted by atomic mass is 16.5. The number of amides is 2. The van der Waals surface area contributed by atoms with Crippen LogP contribution in [0.15, 0.2) is 42.7 Å². The first-order chi connectivity index (χ1) is 13.1. The first kappa shape index (κ1) is 18.5. The fourth-order valence-electron chi connectivity index (χ4n) is 2.69. The molecule has 0 spiro atoms. The normalized spacial score (nSPS) is 10.9. The molecular formula is C19H21N5O3. The van der Waals surface area contributed by atoms with Crippen LogP contribution in [0.4, 0.5) is 0 Å². The van der Waals surface area contributed by atoms with Crippen LogP contribution in [0.3, 0.4) is 0 Å². The van der Waals surface area contributed by atoms with Gasteiger partial charge in [-0.25, -0.2) is 9.97 Å². The molecule has 0 saturated heterocycles. The average molecular weight is 367 g/mol. The zero-order chi connectivity index (χ0) is 19.2. The van der Waals surface area contributed by atoms with Gasteiger partial charge in [-0.05, 0) is 19.4 Å². The maximum atomic E-state index is 12.7. The number of fused-ring (bicyclic) bond motifs is 1. The molecule has 0 radical (unpaired) electrons. The minimum absolute atomic E-state index is 0.0261. The predicted octanol–water partition coefficient (Wildman–Crippen LogP) is 1.65. The number of ether oxygens (including phenoxy) is 1. The Morgan fingerprint density at radius 1 is 1.26 bits per heavy atom. The van der Waals surface area contributed by atoms with Gasteiger partial charge in [0.15, 0.2) is 11.3 Å². The summed E-state index contributed by atoms with van der Waals surface area (Å²) in [6.45, 7) is 3.62. The van der Waals surface area contributed by atoms with Crippen molar-refractivity contribution < 1.29 is 14.3 Å². The van der Waals surface area contributed by atoms with E-state index in [1.54, 1.807) is 6.07 Å². The molecule has 0 aliphatic carbocycles. The largest absolute Gasteiger partial charge is 0.382 e. The van der Waals surface area contributed by atoms with Crippen molar-refractivity contribution in [3.05, 3.63) is 54.1 Å². The van der Waals surface area contributed by atoms with E-state index in [1.807, 2.05) is 37.3 Å². The van der Waals surface area contributed by atoms with Gasteiger partial charge in [0.2, 0.25) is 0 Å². The maximum Gasteiger partial charge on any atom is 0.271 e. The highest BCUT2D eigenvalue weighted by molar-refractivity contribution is 5.99. The van der Waals surface area contributed by atoms with Crippen LogP contribution < -0.4 is 11.1 Å². The van der Waals surface area contributed by atoms with Gasteiger partial charge in [0, 0.05) is 25.3 Å².